The van der Waals surface area contributed by atoms with Gasteiger partial charge < -0.3 is 10.1 Å². The second kappa shape index (κ2) is 5.20. The lowest BCUT2D eigenvalue weighted by Crippen LogP contribution is -2.55. The molecule has 1 spiro atoms. The summed E-state index contributed by atoms with van der Waals surface area (Å²) in [4.78, 5) is 0. The molecule has 1 aliphatic heterocycles. The number of hydrogen-bond acceptors (Lipinski definition) is 2. The van der Waals surface area contributed by atoms with Crippen molar-refractivity contribution in [1.29, 1.82) is 0 Å². The number of morpholine rings is 1. The first-order valence-corrected chi connectivity index (χ1v) is 7.27. The normalized spacial score (nSPS) is 27.3. The summed E-state index contributed by atoms with van der Waals surface area (Å²) in [6, 6.07) is 8.00. The van der Waals surface area contributed by atoms with Crippen molar-refractivity contribution in [1.82, 2.24) is 5.32 Å². The molecular formula is C15H20ClNO. The zero-order chi connectivity index (χ0) is 12.4. The van der Waals surface area contributed by atoms with Gasteiger partial charge in [-0.3, -0.25) is 0 Å². The van der Waals surface area contributed by atoms with Gasteiger partial charge >= 0.3 is 0 Å². The van der Waals surface area contributed by atoms with E-state index in [0.717, 1.165) is 18.2 Å². The van der Waals surface area contributed by atoms with Crippen molar-refractivity contribution < 1.29 is 4.74 Å². The SMILES string of the molecule is Clc1ccc(C2CNC3(CCCCC3)CO2)cc1. The third-order valence-electron chi connectivity index (χ3n) is 4.28. The summed E-state index contributed by atoms with van der Waals surface area (Å²) in [7, 11) is 0. The lowest BCUT2D eigenvalue weighted by Gasteiger charge is -2.43. The van der Waals surface area contributed by atoms with Gasteiger partial charge in [-0.05, 0) is 30.5 Å². The first-order valence-electron chi connectivity index (χ1n) is 6.90. The predicted octanol–water partition coefficient (Wildman–Crippen LogP) is 3.70. The molecule has 1 N–H and O–H groups in total. The molecule has 3 rings (SSSR count). The van der Waals surface area contributed by atoms with Crippen molar-refractivity contribution in [3.63, 3.8) is 0 Å². The Labute approximate surface area is 114 Å². The Morgan fingerprint density at radius 2 is 1.83 bits per heavy atom. The first kappa shape index (κ1) is 12.5. The zero-order valence-electron chi connectivity index (χ0n) is 10.6. The van der Waals surface area contributed by atoms with E-state index < -0.39 is 0 Å². The Morgan fingerprint density at radius 3 is 2.44 bits per heavy atom. The topological polar surface area (TPSA) is 21.3 Å². The van der Waals surface area contributed by atoms with Gasteiger partial charge in [0.25, 0.3) is 0 Å². The van der Waals surface area contributed by atoms with E-state index in [4.69, 9.17) is 16.3 Å². The molecule has 2 nitrogen and oxygen atoms in total. The molecule has 1 aliphatic carbocycles. The lowest BCUT2D eigenvalue weighted by atomic mass is 9.81. The van der Waals surface area contributed by atoms with Crippen LogP contribution in [0.1, 0.15) is 43.8 Å². The van der Waals surface area contributed by atoms with E-state index in [1.165, 1.54) is 37.7 Å². The minimum Gasteiger partial charge on any atom is -0.370 e. The highest BCUT2D eigenvalue weighted by molar-refractivity contribution is 6.30. The van der Waals surface area contributed by atoms with Crippen molar-refractivity contribution in [2.45, 2.75) is 43.7 Å². The van der Waals surface area contributed by atoms with Gasteiger partial charge in [0, 0.05) is 17.1 Å². The summed E-state index contributed by atoms with van der Waals surface area (Å²) in [5, 5.41) is 4.52. The number of ether oxygens (including phenoxy) is 1. The van der Waals surface area contributed by atoms with E-state index >= 15 is 0 Å². The molecular weight excluding hydrogens is 246 g/mol. The summed E-state index contributed by atoms with van der Waals surface area (Å²) in [6.45, 7) is 1.77. The summed E-state index contributed by atoms with van der Waals surface area (Å²) in [6.07, 6.45) is 6.75. The molecule has 1 aromatic rings. The fraction of sp³-hybridized carbons (Fsp3) is 0.600. The van der Waals surface area contributed by atoms with Crippen LogP contribution in [0.25, 0.3) is 0 Å². The number of halogens is 1. The van der Waals surface area contributed by atoms with Crippen molar-refractivity contribution in [3.05, 3.63) is 34.9 Å². The molecule has 0 bridgehead atoms. The van der Waals surface area contributed by atoms with Crippen molar-refractivity contribution in [2.24, 2.45) is 0 Å². The molecule has 2 fully saturated rings. The predicted molar refractivity (Wildman–Crippen MR) is 74.0 cm³/mol. The highest BCUT2D eigenvalue weighted by Crippen LogP contribution is 2.33. The lowest BCUT2D eigenvalue weighted by molar-refractivity contribution is -0.0466. The molecule has 0 amide bonds. The van der Waals surface area contributed by atoms with Crippen molar-refractivity contribution in [2.75, 3.05) is 13.2 Å². The third kappa shape index (κ3) is 2.56. The van der Waals surface area contributed by atoms with Crippen LogP contribution in [0.5, 0.6) is 0 Å². The molecule has 3 heteroatoms. The Balaban J connectivity index is 1.64. The fourth-order valence-electron chi connectivity index (χ4n) is 3.12. The van der Waals surface area contributed by atoms with Crippen LogP contribution < -0.4 is 5.32 Å². The van der Waals surface area contributed by atoms with Crippen LogP contribution in [0.15, 0.2) is 24.3 Å². The molecule has 1 saturated heterocycles. The highest BCUT2D eigenvalue weighted by Gasteiger charge is 2.36. The van der Waals surface area contributed by atoms with Crippen LogP contribution >= 0.6 is 11.6 Å². The van der Waals surface area contributed by atoms with Crippen LogP contribution in [-0.2, 0) is 4.74 Å². The standard InChI is InChI=1S/C15H20ClNO/c16-13-6-4-12(5-7-13)14-10-17-15(11-18-14)8-2-1-3-9-15/h4-7,14,17H,1-3,8-11H2. The van der Waals surface area contributed by atoms with Gasteiger partial charge in [0.05, 0.1) is 12.7 Å². The number of benzene rings is 1. The number of nitrogens with one attached hydrogen (secondary N) is 1. The molecule has 1 aromatic carbocycles. The van der Waals surface area contributed by atoms with E-state index in [1.54, 1.807) is 0 Å². The molecule has 1 heterocycles. The first-order chi connectivity index (χ1) is 8.77. The summed E-state index contributed by atoms with van der Waals surface area (Å²) >= 11 is 5.91. The largest absolute Gasteiger partial charge is 0.370 e. The number of rotatable bonds is 1. The Kier molecular flexibility index (Phi) is 3.60. The van der Waals surface area contributed by atoms with E-state index in [9.17, 15) is 0 Å². The van der Waals surface area contributed by atoms with Crippen LogP contribution in [0.4, 0.5) is 0 Å². The Bertz CT molecular complexity index is 387. The van der Waals surface area contributed by atoms with E-state index in [2.05, 4.69) is 17.4 Å². The quantitative estimate of drug-likeness (QED) is 0.836. The average molecular weight is 266 g/mol. The molecule has 1 atom stereocenters. The highest BCUT2D eigenvalue weighted by atomic mass is 35.5. The second-order valence-corrected chi connectivity index (χ2v) is 6.01. The zero-order valence-corrected chi connectivity index (χ0v) is 11.4. The van der Waals surface area contributed by atoms with E-state index in [1.807, 2.05) is 12.1 Å². The maximum absolute atomic E-state index is 6.09. The molecule has 2 aliphatic rings. The van der Waals surface area contributed by atoms with Gasteiger partial charge in [-0.1, -0.05) is 43.0 Å². The second-order valence-electron chi connectivity index (χ2n) is 5.57. The number of hydrogen-bond donors (Lipinski definition) is 1. The summed E-state index contributed by atoms with van der Waals surface area (Å²) < 4.78 is 6.09. The molecule has 1 unspecified atom stereocenters. The third-order valence-corrected chi connectivity index (χ3v) is 4.53. The van der Waals surface area contributed by atoms with E-state index in [-0.39, 0.29) is 11.6 Å². The van der Waals surface area contributed by atoms with Gasteiger partial charge in [-0.15, -0.1) is 0 Å². The molecule has 0 radical (unpaired) electrons. The Morgan fingerprint density at radius 1 is 1.11 bits per heavy atom. The van der Waals surface area contributed by atoms with E-state index in [0.29, 0.717) is 0 Å². The molecule has 1 saturated carbocycles. The van der Waals surface area contributed by atoms with Crippen LogP contribution in [0, 0.1) is 0 Å². The van der Waals surface area contributed by atoms with Crippen LogP contribution in [-0.4, -0.2) is 18.7 Å². The van der Waals surface area contributed by atoms with Gasteiger partial charge in [-0.25, -0.2) is 0 Å². The van der Waals surface area contributed by atoms with Gasteiger partial charge in [0.2, 0.25) is 0 Å². The molecule has 98 valence electrons. The maximum Gasteiger partial charge on any atom is 0.0950 e. The van der Waals surface area contributed by atoms with Crippen molar-refractivity contribution in [3.8, 4) is 0 Å². The monoisotopic (exact) mass is 265 g/mol. The van der Waals surface area contributed by atoms with Crippen LogP contribution in [0.3, 0.4) is 0 Å². The fourth-order valence-corrected chi connectivity index (χ4v) is 3.25. The Hall–Kier alpha value is -0.570. The molecule has 0 aromatic heterocycles. The van der Waals surface area contributed by atoms with Gasteiger partial charge in [0.1, 0.15) is 0 Å². The smallest absolute Gasteiger partial charge is 0.0950 e. The molecule has 18 heavy (non-hydrogen) atoms. The maximum atomic E-state index is 6.09. The minimum atomic E-state index is 0.176. The van der Waals surface area contributed by atoms with Crippen LogP contribution in [0.2, 0.25) is 5.02 Å². The van der Waals surface area contributed by atoms with Crippen molar-refractivity contribution >= 4 is 11.6 Å². The summed E-state index contributed by atoms with van der Waals surface area (Å²) in [5.74, 6) is 0. The van der Waals surface area contributed by atoms with Gasteiger partial charge in [-0.2, -0.15) is 0 Å². The average Bonchev–Trinajstić information content (AvgIpc) is 2.42. The van der Waals surface area contributed by atoms with Gasteiger partial charge in [0.15, 0.2) is 0 Å². The summed E-state index contributed by atoms with van der Waals surface area (Å²) in [5.41, 5.74) is 1.49. The minimum absolute atomic E-state index is 0.176.